The molecule has 0 spiro atoms. The maximum Gasteiger partial charge on any atom is 0.151 e. The summed E-state index contributed by atoms with van der Waals surface area (Å²) in [5.74, 6) is 0.610. The number of halogens is 2. The fraction of sp³-hybridized carbons (Fsp3) is 0.417. The summed E-state index contributed by atoms with van der Waals surface area (Å²) in [6.07, 6.45) is 1.36. The summed E-state index contributed by atoms with van der Waals surface area (Å²) >= 11 is 11.3. The van der Waals surface area contributed by atoms with Crippen LogP contribution in [0, 0.1) is 0 Å². The van der Waals surface area contributed by atoms with Gasteiger partial charge in [0.1, 0.15) is 0 Å². The molecule has 82 valence electrons. The largest absolute Gasteiger partial charge is 0.298 e. The second kappa shape index (κ2) is 6.14. The average Bonchev–Trinajstić information content (AvgIpc) is 2.28. The molecule has 0 aliphatic rings. The summed E-state index contributed by atoms with van der Waals surface area (Å²) < 4.78 is 0. The Labute approximate surface area is 100 Å². The van der Waals surface area contributed by atoms with Gasteiger partial charge in [0, 0.05) is 12.3 Å². The smallest absolute Gasteiger partial charge is 0.151 e. The Kier molecular flexibility index (Phi) is 5.13. The Bertz CT molecular complexity index is 347. The zero-order valence-corrected chi connectivity index (χ0v) is 10.2. The van der Waals surface area contributed by atoms with Gasteiger partial charge in [0.05, 0.1) is 5.88 Å². The molecular weight excluding hydrogens is 231 g/mol. The van der Waals surface area contributed by atoms with Gasteiger partial charge in [0.2, 0.25) is 0 Å². The van der Waals surface area contributed by atoms with E-state index in [4.69, 9.17) is 23.2 Å². The van der Waals surface area contributed by atoms with E-state index in [2.05, 4.69) is 6.92 Å². The van der Waals surface area contributed by atoms with E-state index in [0.29, 0.717) is 12.3 Å². The minimum atomic E-state index is 0.0430. The van der Waals surface area contributed by atoms with Gasteiger partial charge < -0.3 is 0 Å². The SMILES string of the molecule is CCc1ccc(CC(=O)CCl)cc1CCl. The van der Waals surface area contributed by atoms with Crippen molar-refractivity contribution in [1.29, 1.82) is 0 Å². The molecule has 1 aromatic carbocycles. The number of carbonyl (C=O) groups excluding carboxylic acids is 1. The molecule has 0 heterocycles. The Morgan fingerprint density at radius 3 is 2.53 bits per heavy atom. The lowest BCUT2D eigenvalue weighted by molar-refractivity contribution is -0.116. The van der Waals surface area contributed by atoms with Crippen molar-refractivity contribution in [3.63, 3.8) is 0 Å². The molecular formula is C12H14Cl2O. The molecule has 0 amide bonds. The quantitative estimate of drug-likeness (QED) is 0.727. The number of alkyl halides is 2. The summed E-state index contributed by atoms with van der Waals surface area (Å²) in [7, 11) is 0. The van der Waals surface area contributed by atoms with E-state index >= 15 is 0 Å². The zero-order valence-electron chi connectivity index (χ0n) is 8.72. The minimum absolute atomic E-state index is 0.0430. The topological polar surface area (TPSA) is 17.1 Å². The lowest BCUT2D eigenvalue weighted by Gasteiger charge is -2.07. The molecule has 0 fully saturated rings. The van der Waals surface area contributed by atoms with Crippen molar-refractivity contribution < 1.29 is 4.79 Å². The zero-order chi connectivity index (χ0) is 11.3. The van der Waals surface area contributed by atoms with Crippen molar-refractivity contribution in [2.75, 3.05) is 5.88 Å². The van der Waals surface area contributed by atoms with E-state index in [1.54, 1.807) is 0 Å². The molecule has 0 saturated carbocycles. The van der Waals surface area contributed by atoms with Crippen LogP contribution >= 0.6 is 23.2 Å². The second-order valence-corrected chi connectivity index (χ2v) is 3.97. The Morgan fingerprint density at radius 1 is 1.27 bits per heavy atom. The van der Waals surface area contributed by atoms with Gasteiger partial charge >= 0.3 is 0 Å². The predicted octanol–water partition coefficient (Wildman–Crippen LogP) is 3.34. The molecule has 0 radical (unpaired) electrons. The Morgan fingerprint density at radius 2 is 2.00 bits per heavy atom. The van der Waals surface area contributed by atoms with Crippen LogP contribution in [-0.4, -0.2) is 11.7 Å². The molecule has 0 saturated heterocycles. The molecule has 0 unspecified atom stereocenters. The standard InChI is InChI=1S/C12H14Cl2O/c1-2-10-4-3-9(5-11(10)7-13)6-12(15)8-14/h3-5H,2,6-8H2,1H3. The molecule has 0 bridgehead atoms. The van der Waals surface area contributed by atoms with Crippen molar-refractivity contribution >= 4 is 29.0 Å². The van der Waals surface area contributed by atoms with Crippen molar-refractivity contribution in [3.05, 3.63) is 34.9 Å². The fourth-order valence-corrected chi connectivity index (χ4v) is 1.88. The number of ketones is 1. The number of hydrogen-bond acceptors (Lipinski definition) is 1. The molecule has 0 aliphatic carbocycles. The van der Waals surface area contributed by atoms with E-state index in [1.807, 2.05) is 18.2 Å². The minimum Gasteiger partial charge on any atom is -0.298 e. The van der Waals surface area contributed by atoms with E-state index in [1.165, 1.54) is 5.56 Å². The molecule has 0 N–H and O–H groups in total. The van der Waals surface area contributed by atoms with Crippen LogP contribution in [0.2, 0.25) is 0 Å². The average molecular weight is 245 g/mol. The monoisotopic (exact) mass is 244 g/mol. The third kappa shape index (κ3) is 3.51. The number of rotatable bonds is 5. The first-order chi connectivity index (χ1) is 7.21. The van der Waals surface area contributed by atoms with Crippen LogP contribution in [0.1, 0.15) is 23.6 Å². The predicted molar refractivity (Wildman–Crippen MR) is 64.8 cm³/mol. The Balaban J connectivity index is 2.88. The second-order valence-electron chi connectivity index (χ2n) is 3.44. The molecule has 1 rings (SSSR count). The molecule has 3 heteroatoms. The van der Waals surface area contributed by atoms with Gasteiger partial charge in [-0.15, -0.1) is 23.2 Å². The van der Waals surface area contributed by atoms with Gasteiger partial charge in [0.25, 0.3) is 0 Å². The highest BCUT2D eigenvalue weighted by molar-refractivity contribution is 6.27. The van der Waals surface area contributed by atoms with Crippen LogP contribution < -0.4 is 0 Å². The normalized spacial score (nSPS) is 10.3. The summed E-state index contributed by atoms with van der Waals surface area (Å²) in [6.45, 7) is 2.09. The summed E-state index contributed by atoms with van der Waals surface area (Å²) in [4.78, 5) is 11.2. The van der Waals surface area contributed by atoms with Gasteiger partial charge in [-0.3, -0.25) is 4.79 Å². The first-order valence-electron chi connectivity index (χ1n) is 4.95. The van der Waals surface area contributed by atoms with Crippen LogP contribution in [-0.2, 0) is 23.5 Å². The van der Waals surface area contributed by atoms with Crippen LogP contribution in [0.3, 0.4) is 0 Å². The van der Waals surface area contributed by atoms with Crippen molar-refractivity contribution in [3.8, 4) is 0 Å². The van der Waals surface area contributed by atoms with Gasteiger partial charge in [-0.2, -0.15) is 0 Å². The van der Waals surface area contributed by atoms with Gasteiger partial charge in [0.15, 0.2) is 5.78 Å². The number of carbonyl (C=O) groups is 1. The lowest BCUT2D eigenvalue weighted by atomic mass is 10.0. The highest BCUT2D eigenvalue weighted by Crippen LogP contribution is 2.15. The van der Waals surface area contributed by atoms with Gasteiger partial charge in [-0.25, -0.2) is 0 Å². The van der Waals surface area contributed by atoms with E-state index < -0.39 is 0 Å². The van der Waals surface area contributed by atoms with Crippen molar-refractivity contribution in [1.82, 2.24) is 0 Å². The van der Waals surface area contributed by atoms with Crippen molar-refractivity contribution in [2.45, 2.75) is 25.6 Å². The number of benzene rings is 1. The molecule has 0 atom stereocenters. The van der Waals surface area contributed by atoms with E-state index in [0.717, 1.165) is 17.5 Å². The lowest BCUT2D eigenvalue weighted by Crippen LogP contribution is -2.04. The highest BCUT2D eigenvalue weighted by Gasteiger charge is 2.05. The van der Waals surface area contributed by atoms with Crippen LogP contribution in [0.15, 0.2) is 18.2 Å². The fourth-order valence-electron chi connectivity index (χ4n) is 1.53. The van der Waals surface area contributed by atoms with E-state index in [-0.39, 0.29) is 11.7 Å². The number of Topliss-reactive ketones (excluding diaryl/α,β-unsaturated/α-hetero) is 1. The molecule has 1 nitrogen and oxygen atoms in total. The van der Waals surface area contributed by atoms with E-state index in [9.17, 15) is 4.79 Å². The maximum absolute atomic E-state index is 11.2. The van der Waals surface area contributed by atoms with Crippen LogP contribution in [0.25, 0.3) is 0 Å². The third-order valence-corrected chi connectivity index (χ3v) is 2.93. The molecule has 15 heavy (non-hydrogen) atoms. The highest BCUT2D eigenvalue weighted by atomic mass is 35.5. The van der Waals surface area contributed by atoms with Crippen LogP contribution in [0.4, 0.5) is 0 Å². The first kappa shape index (κ1) is 12.5. The molecule has 0 aliphatic heterocycles. The first-order valence-corrected chi connectivity index (χ1v) is 6.02. The van der Waals surface area contributed by atoms with Crippen molar-refractivity contribution in [2.24, 2.45) is 0 Å². The summed E-state index contributed by atoms with van der Waals surface area (Å²) in [5, 5.41) is 0. The molecule has 1 aromatic rings. The maximum atomic E-state index is 11.2. The van der Waals surface area contributed by atoms with Gasteiger partial charge in [-0.05, 0) is 23.1 Å². The summed E-state index contributed by atoms with van der Waals surface area (Å²) in [5.41, 5.74) is 3.35. The number of hydrogen-bond donors (Lipinski definition) is 0. The molecule has 0 aromatic heterocycles. The summed E-state index contributed by atoms with van der Waals surface area (Å²) in [6, 6.07) is 6.00. The van der Waals surface area contributed by atoms with Gasteiger partial charge in [-0.1, -0.05) is 25.1 Å². The number of aryl methyl sites for hydroxylation is 1. The van der Waals surface area contributed by atoms with Crippen LogP contribution in [0.5, 0.6) is 0 Å². The third-order valence-electron chi connectivity index (χ3n) is 2.35. The Hall–Kier alpha value is -0.530.